The van der Waals surface area contributed by atoms with Crippen molar-refractivity contribution < 1.29 is 13.2 Å². The van der Waals surface area contributed by atoms with E-state index in [2.05, 4.69) is 0 Å². The zero-order valence-electron chi connectivity index (χ0n) is 12.0. The van der Waals surface area contributed by atoms with Crippen LogP contribution in [-0.4, -0.2) is 21.5 Å². The fourth-order valence-corrected chi connectivity index (χ4v) is 3.41. The lowest BCUT2D eigenvalue weighted by Crippen LogP contribution is -2.39. The number of nitrogens with zero attached hydrogens (tertiary/aromatic N) is 2. The molecular formula is C13H14F3N3O2S. The predicted molar refractivity (Wildman–Crippen MR) is 79.3 cm³/mol. The van der Waals surface area contributed by atoms with Crippen LogP contribution in [0.5, 0.6) is 0 Å². The van der Waals surface area contributed by atoms with Crippen LogP contribution in [0.3, 0.4) is 0 Å². The van der Waals surface area contributed by atoms with Gasteiger partial charge in [0.2, 0.25) is 0 Å². The molecule has 0 atom stereocenters. The van der Waals surface area contributed by atoms with E-state index in [4.69, 9.17) is 5.41 Å². The minimum absolute atomic E-state index is 0.0782. The maximum absolute atomic E-state index is 12.5. The van der Waals surface area contributed by atoms with Gasteiger partial charge >= 0.3 is 11.9 Å². The van der Waals surface area contributed by atoms with E-state index < -0.39 is 30.4 Å². The number of hydrogen-bond acceptors (Lipinski definition) is 4. The molecule has 0 bridgehead atoms. The summed E-state index contributed by atoms with van der Waals surface area (Å²) in [7, 11) is 0. The van der Waals surface area contributed by atoms with E-state index in [1.807, 2.05) is 0 Å². The minimum Gasteiger partial charge on any atom is -0.307 e. The highest BCUT2D eigenvalue weighted by molar-refractivity contribution is 7.20. The third-order valence-corrected chi connectivity index (χ3v) is 4.66. The van der Waals surface area contributed by atoms with Gasteiger partial charge in [-0.3, -0.25) is 13.9 Å². The number of nitrogens with one attached hydrogen (secondary N) is 1. The van der Waals surface area contributed by atoms with E-state index in [0.29, 0.717) is 10.4 Å². The molecule has 2 aromatic heterocycles. The molecule has 0 saturated carbocycles. The first-order valence-corrected chi connectivity index (χ1v) is 7.36. The zero-order valence-corrected chi connectivity index (χ0v) is 12.8. The summed E-state index contributed by atoms with van der Waals surface area (Å²) in [6, 6.07) is 0. The van der Waals surface area contributed by atoms with Crippen molar-refractivity contribution in [2.24, 2.45) is 0 Å². The average molecular weight is 333 g/mol. The second-order valence-corrected chi connectivity index (χ2v) is 5.80. The van der Waals surface area contributed by atoms with Gasteiger partial charge in [-0.1, -0.05) is 0 Å². The normalized spacial score (nSPS) is 12.0. The van der Waals surface area contributed by atoms with Gasteiger partial charge in [0.25, 0.3) is 5.56 Å². The van der Waals surface area contributed by atoms with E-state index >= 15 is 0 Å². The minimum atomic E-state index is -4.39. The molecule has 9 heteroatoms. The topological polar surface area (TPSA) is 67.8 Å². The molecule has 0 fully saturated rings. The molecule has 0 aliphatic rings. The summed E-state index contributed by atoms with van der Waals surface area (Å²) in [6.45, 7) is 2.74. The standard InChI is InChI=1S/C13H14F3N3O2S/c1-3-18-10(20)9-7(2)8(6-17)22-11(9)19(12(18)21)5-4-13(14,15)16/h6,17H,3-5H2,1-2H3. The molecule has 22 heavy (non-hydrogen) atoms. The van der Waals surface area contributed by atoms with Crippen LogP contribution in [0.4, 0.5) is 13.2 Å². The van der Waals surface area contributed by atoms with E-state index in [1.165, 1.54) is 0 Å². The van der Waals surface area contributed by atoms with Gasteiger partial charge in [-0.15, -0.1) is 11.3 Å². The molecule has 0 aliphatic heterocycles. The zero-order chi connectivity index (χ0) is 16.7. The average Bonchev–Trinajstić information content (AvgIpc) is 2.75. The lowest BCUT2D eigenvalue weighted by Gasteiger charge is -2.12. The van der Waals surface area contributed by atoms with Gasteiger partial charge in [-0.25, -0.2) is 4.79 Å². The van der Waals surface area contributed by atoms with Gasteiger partial charge in [0.1, 0.15) is 4.83 Å². The van der Waals surface area contributed by atoms with Crippen molar-refractivity contribution >= 4 is 27.8 Å². The maximum atomic E-state index is 12.5. The number of alkyl halides is 3. The molecule has 0 spiro atoms. The Morgan fingerprint density at radius 3 is 2.41 bits per heavy atom. The van der Waals surface area contributed by atoms with Gasteiger partial charge in [0.15, 0.2) is 0 Å². The Hall–Kier alpha value is -1.90. The molecule has 0 aromatic carbocycles. The van der Waals surface area contributed by atoms with Gasteiger partial charge < -0.3 is 5.41 Å². The molecule has 0 saturated heterocycles. The van der Waals surface area contributed by atoms with Crippen LogP contribution in [0.15, 0.2) is 9.59 Å². The molecule has 1 N–H and O–H groups in total. The lowest BCUT2D eigenvalue weighted by molar-refractivity contribution is -0.136. The van der Waals surface area contributed by atoms with Crippen molar-refractivity contribution in [3.8, 4) is 0 Å². The lowest BCUT2D eigenvalue weighted by atomic mass is 10.2. The van der Waals surface area contributed by atoms with Crippen LogP contribution in [-0.2, 0) is 13.1 Å². The molecule has 5 nitrogen and oxygen atoms in total. The third kappa shape index (κ3) is 2.72. The highest BCUT2D eigenvalue weighted by atomic mass is 32.1. The Balaban J connectivity index is 2.81. The Morgan fingerprint density at radius 1 is 1.27 bits per heavy atom. The number of halogens is 3. The Kier molecular flexibility index (Phi) is 4.28. The molecule has 2 rings (SSSR count). The van der Waals surface area contributed by atoms with Crippen molar-refractivity contribution in [1.29, 1.82) is 5.41 Å². The Bertz CT molecular complexity index is 845. The second-order valence-electron chi connectivity index (χ2n) is 4.76. The number of thiophene rings is 1. The SMILES string of the molecule is CCn1c(=O)c2c(C)c(C=N)sc2n(CCC(F)(F)F)c1=O. The third-order valence-electron chi connectivity index (χ3n) is 3.40. The van der Waals surface area contributed by atoms with Crippen molar-refractivity contribution in [1.82, 2.24) is 9.13 Å². The number of rotatable bonds is 4. The number of aromatic nitrogens is 2. The summed E-state index contributed by atoms with van der Waals surface area (Å²) in [5.41, 5.74) is -0.752. The number of hydrogen-bond donors (Lipinski definition) is 1. The van der Waals surface area contributed by atoms with Gasteiger partial charge in [0, 0.05) is 19.3 Å². The number of aryl methyl sites for hydroxylation is 2. The maximum Gasteiger partial charge on any atom is 0.390 e. The first-order chi connectivity index (χ1) is 10.2. The quantitative estimate of drug-likeness (QED) is 0.874. The molecule has 0 unspecified atom stereocenters. The van der Waals surface area contributed by atoms with E-state index in [-0.39, 0.29) is 16.8 Å². The first kappa shape index (κ1) is 16.5. The highest BCUT2D eigenvalue weighted by Gasteiger charge is 2.28. The Labute approximate surface area is 127 Å². The smallest absolute Gasteiger partial charge is 0.307 e. The first-order valence-electron chi connectivity index (χ1n) is 6.55. The van der Waals surface area contributed by atoms with Crippen molar-refractivity contribution in [2.45, 2.75) is 39.5 Å². The van der Waals surface area contributed by atoms with E-state index in [0.717, 1.165) is 26.7 Å². The second kappa shape index (κ2) is 5.71. The van der Waals surface area contributed by atoms with Gasteiger partial charge in [-0.2, -0.15) is 13.2 Å². The van der Waals surface area contributed by atoms with Crippen molar-refractivity contribution in [2.75, 3.05) is 0 Å². The van der Waals surface area contributed by atoms with Crippen molar-refractivity contribution in [3.63, 3.8) is 0 Å². The highest BCUT2D eigenvalue weighted by Crippen LogP contribution is 2.27. The van der Waals surface area contributed by atoms with Crippen LogP contribution in [0.25, 0.3) is 10.2 Å². The van der Waals surface area contributed by atoms with Crippen LogP contribution in [0.2, 0.25) is 0 Å². The van der Waals surface area contributed by atoms with E-state index in [9.17, 15) is 22.8 Å². The van der Waals surface area contributed by atoms with Crippen LogP contribution >= 0.6 is 11.3 Å². The fourth-order valence-electron chi connectivity index (χ4n) is 2.26. The van der Waals surface area contributed by atoms with E-state index in [1.54, 1.807) is 13.8 Å². The van der Waals surface area contributed by atoms with Gasteiger partial charge in [-0.05, 0) is 19.4 Å². The van der Waals surface area contributed by atoms with Crippen LogP contribution in [0.1, 0.15) is 23.8 Å². The summed E-state index contributed by atoms with van der Waals surface area (Å²) in [5, 5.41) is 7.54. The fraction of sp³-hybridized carbons (Fsp3) is 0.462. The van der Waals surface area contributed by atoms with Crippen LogP contribution < -0.4 is 11.2 Å². The number of fused-ring (bicyclic) bond motifs is 1. The largest absolute Gasteiger partial charge is 0.390 e. The molecule has 0 radical (unpaired) electrons. The molecule has 2 heterocycles. The summed E-state index contributed by atoms with van der Waals surface area (Å²) in [6.07, 6.45) is -4.51. The summed E-state index contributed by atoms with van der Waals surface area (Å²) in [5.74, 6) is 0. The molecule has 120 valence electrons. The monoisotopic (exact) mass is 333 g/mol. The summed E-state index contributed by atoms with van der Waals surface area (Å²) >= 11 is 0.988. The molecular weight excluding hydrogens is 319 g/mol. The Morgan fingerprint density at radius 2 is 1.91 bits per heavy atom. The molecule has 0 aliphatic carbocycles. The van der Waals surface area contributed by atoms with Crippen LogP contribution in [0, 0.1) is 12.3 Å². The van der Waals surface area contributed by atoms with Gasteiger partial charge in [0.05, 0.1) is 16.7 Å². The molecule has 0 amide bonds. The predicted octanol–water partition coefficient (Wildman–Crippen LogP) is 2.50. The summed E-state index contributed by atoms with van der Waals surface area (Å²) < 4.78 is 39.3. The molecule has 2 aromatic rings. The van der Waals surface area contributed by atoms with Crippen molar-refractivity contribution in [3.05, 3.63) is 31.3 Å². The summed E-state index contributed by atoms with van der Waals surface area (Å²) in [4.78, 5) is 25.3.